The highest BCUT2D eigenvalue weighted by atomic mass is 16.5. The first-order valence-electron chi connectivity index (χ1n) is 7.76. The van der Waals surface area contributed by atoms with Crippen LogP contribution in [0.4, 0.5) is 0 Å². The van der Waals surface area contributed by atoms with E-state index in [1.807, 2.05) is 32.0 Å². The van der Waals surface area contributed by atoms with E-state index in [4.69, 9.17) is 4.74 Å². The highest BCUT2D eigenvalue weighted by molar-refractivity contribution is 6.05. The molecule has 128 valence electrons. The van der Waals surface area contributed by atoms with E-state index >= 15 is 0 Å². The number of benzene rings is 2. The van der Waals surface area contributed by atoms with Gasteiger partial charge >= 0.3 is 0 Å². The fraction of sp³-hybridized carbons (Fsp3) is 0.167. The van der Waals surface area contributed by atoms with Crippen molar-refractivity contribution < 1.29 is 14.3 Å². The Kier molecular flexibility index (Phi) is 4.65. The quantitative estimate of drug-likeness (QED) is 0.634. The van der Waals surface area contributed by atoms with Crippen molar-refractivity contribution >= 4 is 22.7 Å². The third kappa shape index (κ3) is 3.77. The average Bonchev–Trinajstić information content (AvgIpc) is 3.09. The fourth-order valence-electron chi connectivity index (χ4n) is 2.34. The van der Waals surface area contributed by atoms with Gasteiger partial charge < -0.3 is 4.74 Å². The van der Waals surface area contributed by atoms with Crippen molar-refractivity contribution in [2.75, 3.05) is 6.61 Å². The van der Waals surface area contributed by atoms with E-state index in [9.17, 15) is 9.59 Å². The average molecular weight is 338 g/mol. The number of amides is 2. The molecular formula is C18H18N4O3. The molecule has 0 saturated heterocycles. The van der Waals surface area contributed by atoms with Crippen molar-refractivity contribution in [1.82, 2.24) is 21.0 Å². The SMILES string of the molecule is Cc1ccc(OCC(=O)NNC(=O)c2cccc3cn[nH]c23)cc1C. The van der Waals surface area contributed by atoms with Crippen LogP contribution >= 0.6 is 0 Å². The number of aryl methyl sites for hydroxylation is 2. The number of rotatable bonds is 4. The molecule has 2 aromatic carbocycles. The molecule has 25 heavy (non-hydrogen) atoms. The summed E-state index contributed by atoms with van der Waals surface area (Å²) in [6.45, 7) is 3.77. The number of hydrogen-bond donors (Lipinski definition) is 3. The maximum atomic E-state index is 12.2. The van der Waals surface area contributed by atoms with Crippen LogP contribution in [0.3, 0.4) is 0 Å². The molecular weight excluding hydrogens is 320 g/mol. The van der Waals surface area contributed by atoms with Gasteiger partial charge in [-0.3, -0.25) is 25.5 Å². The molecule has 0 spiro atoms. The van der Waals surface area contributed by atoms with E-state index < -0.39 is 11.8 Å². The van der Waals surface area contributed by atoms with Crippen LogP contribution in [-0.2, 0) is 4.79 Å². The summed E-state index contributed by atoms with van der Waals surface area (Å²) in [7, 11) is 0. The van der Waals surface area contributed by atoms with E-state index in [1.165, 1.54) is 0 Å². The molecule has 2 amide bonds. The standard InChI is InChI=1S/C18H18N4O3/c1-11-6-7-14(8-12(11)2)25-10-16(23)20-22-18(24)15-5-3-4-13-9-19-21-17(13)15/h3-9H,10H2,1-2H3,(H,19,21)(H,20,23)(H,22,24). The fourth-order valence-corrected chi connectivity index (χ4v) is 2.34. The van der Waals surface area contributed by atoms with Crippen molar-refractivity contribution in [2.24, 2.45) is 0 Å². The molecule has 0 radical (unpaired) electrons. The predicted octanol–water partition coefficient (Wildman–Crippen LogP) is 2.02. The van der Waals surface area contributed by atoms with Gasteiger partial charge in [0.2, 0.25) is 0 Å². The van der Waals surface area contributed by atoms with Crippen LogP contribution in [0.2, 0.25) is 0 Å². The molecule has 7 heteroatoms. The van der Waals surface area contributed by atoms with Crippen molar-refractivity contribution in [2.45, 2.75) is 13.8 Å². The third-order valence-electron chi connectivity index (χ3n) is 3.89. The minimum Gasteiger partial charge on any atom is -0.484 e. The van der Waals surface area contributed by atoms with Crippen LogP contribution < -0.4 is 15.6 Å². The van der Waals surface area contributed by atoms with Gasteiger partial charge in [-0.2, -0.15) is 5.10 Å². The smallest absolute Gasteiger partial charge is 0.276 e. The van der Waals surface area contributed by atoms with Gasteiger partial charge in [0.05, 0.1) is 17.3 Å². The molecule has 7 nitrogen and oxygen atoms in total. The van der Waals surface area contributed by atoms with Crippen LogP contribution in [-0.4, -0.2) is 28.6 Å². The number of aromatic nitrogens is 2. The Balaban J connectivity index is 1.54. The highest BCUT2D eigenvalue weighted by Crippen LogP contribution is 2.16. The second-order valence-corrected chi connectivity index (χ2v) is 5.68. The monoisotopic (exact) mass is 338 g/mol. The normalized spacial score (nSPS) is 10.5. The van der Waals surface area contributed by atoms with Crippen molar-refractivity contribution in [3.05, 3.63) is 59.3 Å². The number of ether oxygens (including phenoxy) is 1. The summed E-state index contributed by atoms with van der Waals surface area (Å²) in [5, 5.41) is 7.49. The van der Waals surface area contributed by atoms with Gasteiger partial charge in [-0.15, -0.1) is 0 Å². The van der Waals surface area contributed by atoms with Crippen LogP contribution in [0.15, 0.2) is 42.6 Å². The Labute approximate surface area is 144 Å². The molecule has 0 atom stereocenters. The zero-order valence-corrected chi connectivity index (χ0v) is 13.9. The molecule has 0 aliphatic rings. The molecule has 3 N–H and O–H groups in total. The molecule has 0 fully saturated rings. The van der Waals surface area contributed by atoms with Crippen LogP contribution in [0, 0.1) is 13.8 Å². The number of nitrogens with zero attached hydrogens (tertiary/aromatic N) is 1. The summed E-state index contributed by atoms with van der Waals surface area (Å²) in [6.07, 6.45) is 1.63. The van der Waals surface area contributed by atoms with Gasteiger partial charge in [0.25, 0.3) is 11.8 Å². The topological polar surface area (TPSA) is 96.1 Å². The Bertz CT molecular complexity index is 933. The van der Waals surface area contributed by atoms with E-state index in [1.54, 1.807) is 24.4 Å². The first-order valence-corrected chi connectivity index (χ1v) is 7.76. The zero-order chi connectivity index (χ0) is 17.8. The number of carbonyl (C=O) groups is 2. The molecule has 1 aromatic heterocycles. The van der Waals surface area contributed by atoms with Crippen molar-refractivity contribution in [1.29, 1.82) is 0 Å². The third-order valence-corrected chi connectivity index (χ3v) is 3.89. The summed E-state index contributed by atoms with van der Waals surface area (Å²) < 4.78 is 5.42. The summed E-state index contributed by atoms with van der Waals surface area (Å²) in [5.74, 6) is -0.287. The van der Waals surface area contributed by atoms with Crippen LogP contribution in [0.25, 0.3) is 10.9 Å². The summed E-state index contributed by atoms with van der Waals surface area (Å²) >= 11 is 0. The number of para-hydroxylation sites is 1. The van der Waals surface area contributed by atoms with Gasteiger partial charge in [0.1, 0.15) is 5.75 Å². The number of aromatic amines is 1. The minimum atomic E-state index is -0.455. The maximum Gasteiger partial charge on any atom is 0.276 e. The van der Waals surface area contributed by atoms with Crippen LogP contribution in [0.5, 0.6) is 5.75 Å². The van der Waals surface area contributed by atoms with Crippen LogP contribution in [0.1, 0.15) is 21.5 Å². The molecule has 0 bridgehead atoms. The molecule has 0 aliphatic heterocycles. The largest absolute Gasteiger partial charge is 0.484 e. The van der Waals surface area contributed by atoms with E-state index in [2.05, 4.69) is 21.0 Å². The number of carbonyl (C=O) groups excluding carboxylic acids is 2. The molecule has 3 aromatic rings. The zero-order valence-electron chi connectivity index (χ0n) is 13.9. The Morgan fingerprint density at radius 3 is 2.76 bits per heavy atom. The van der Waals surface area contributed by atoms with E-state index in [0.29, 0.717) is 16.8 Å². The molecule has 3 rings (SSSR count). The van der Waals surface area contributed by atoms with Gasteiger partial charge in [0.15, 0.2) is 6.61 Å². The maximum absolute atomic E-state index is 12.2. The molecule has 0 saturated carbocycles. The molecule has 0 aliphatic carbocycles. The predicted molar refractivity (Wildman–Crippen MR) is 93.1 cm³/mol. The lowest BCUT2D eigenvalue weighted by Gasteiger charge is -2.10. The lowest BCUT2D eigenvalue weighted by Crippen LogP contribution is -2.43. The Hall–Kier alpha value is -3.35. The lowest BCUT2D eigenvalue weighted by molar-refractivity contribution is -0.123. The second kappa shape index (κ2) is 7.04. The number of H-pyrrole nitrogens is 1. The Morgan fingerprint density at radius 1 is 1.12 bits per heavy atom. The van der Waals surface area contributed by atoms with Gasteiger partial charge in [-0.05, 0) is 43.2 Å². The van der Waals surface area contributed by atoms with Gasteiger partial charge in [-0.1, -0.05) is 18.2 Å². The number of hydrogen-bond acceptors (Lipinski definition) is 4. The van der Waals surface area contributed by atoms with Gasteiger partial charge in [0, 0.05) is 5.39 Å². The number of hydrazine groups is 1. The highest BCUT2D eigenvalue weighted by Gasteiger charge is 2.12. The first kappa shape index (κ1) is 16.5. The van der Waals surface area contributed by atoms with Crippen molar-refractivity contribution in [3.63, 3.8) is 0 Å². The molecule has 0 unspecified atom stereocenters. The van der Waals surface area contributed by atoms with Gasteiger partial charge in [-0.25, -0.2) is 0 Å². The second-order valence-electron chi connectivity index (χ2n) is 5.68. The number of nitrogens with one attached hydrogen (secondary N) is 3. The summed E-state index contributed by atoms with van der Waals surface area (Å²) in [5.41, 5.74) is 7.95. The summed E-state index contributed by atoms with van der Waals surface area (Å²) in [6, 6.07) is 10.8. The summed E-state index contributed by atoms with van der Waals surface area (Å²) in [4.78, 5) is 24.0. The van der Waals surface area contributed by atoms with E-state index in [-0.39, 0.29) is 6.61 Å². The van der Waals surface area contributed by atoms with E-state index in [0.717, 1.165) is 16.5 Å². The van der Waals surface area contributed by atoms with Crippen molar-refractivity contribution in [3.8, 4) is 5.75 Å². The lowest BCUT2D eigenvalue weighted by atomic mass is 10.1. The first-order chi connectivity index (χ1) is 12.0. The minimum absolute atomic E-state index is 0.197. The molecule has 1 heterocycles. The number of fused-ring (bicyclic) bond motifs is 1. The Morgan fingerprint density at radius 2 is 1.96 bits per heavy atom.